The molecule has 0 unspecified atom stereocenters. The number of hydrogen-bond donors (Lipinski definition) is 2. The van der Waals surface area contributed by atoms with E-state index in [0.717, 1.165) is 16.8 Å². The summed E-state index contributed by atoms with van der Waals surface area (Å²) >= 11 is 0. The molecule has 0 aliphatic rings. The van der Waals surface area contributed by atoms with Gasteiger partial charge in [0.05, 0.1) is 5.56 Å². The van der Waals surface area contributed by atoms with Crippen LogP contribution in [0.5, 0.6) is 0 Å². The predicted octanol–water partition coefficient (Wildman–Crippen LogP) is 3.17. The molecule has 3 rings (SSSR count). The van der Waals surface area contributed by atoms with Crippen LogP contribution in [0.1, 0.15) is 27.3 Å². The topological polar surface area (TPSA) is 103 Å². The average molecular weight is 349 g/mol. The molecule has 0 amide bonds. The number of aromatic nitrogens is 3. The van der Waals surface area contributed by atoms with Gasteiger partial charge in [-0.1, -0.05) is 35.4 Å². The number of nitrogens with one attached hydrogen (secondary N) is 1. The first-order valence-electron chi connectivity index (χ1n) is 8.07. The van der Waals surface area contributed by atoms with Crippen molar-refractivity contribution in [1.29, 1.82) is 0 Å². The first kappa shape index (κ1) is 17.3. The number of rotatable bonds is 5. The Morgan fingerprint density at radius 3 is 2.42 bits per heavy atom. The summed E-state index contributed by atoms with van der Waals surface area (Å²) in [6.07, 6.45) is 0. The quantitative estimate of drug-likeness (QED) is 0.682. The second kappa shape index (κ2) is 7.60. The number of para-hydroxylation sites is 1. The zero-order valence-electron chi connectivity index (χ0n) is 14.6. The van der Waals surface area contributed by atoms with Gasteiger partial charge in [-0.2, -0.15) is 15.0 Å². The number of carbonyl (C=O) groups is 1. The van der Waals surface area contributed by atoms with Crippen LogP contribution in [0.4, 0.5) is 17.6 Å². The molecule has 132 valence electrons. The van der Waals surface area contributed by atoms with Crippen LogP contribution < -0.4 is 11.1 Å². The molecule has 0 aliphatic heterocycles. The van der Waals surface area contributed by atoms with Gasteiger partial charge in [0.25, 0.3) is 0 Å². The van der Waals surface area contributed by atoms with Gasteiger partial charge in [0.15, 0.2) is 12.4 Å². The summed E-state index contributed by atoms with van der Waals surface area (Å²) in [5.41, 5.74) is 9.03. The maximum Gasteiger partial charge on any atom is 0.338 e. The Morgan fingerprint density at radius 1 is 1.04 bits per heavy atom. The highest BCUT2D eigenvalue weighted by Gasteiger charge is 2.11. The Morgan fingerprint density at radius 2 is 1.73 bits per heavy atom. The van der Waals surface area contributed by atoms with Gasteiger partial charge in [-0.25, -0.2) is 4.79 Å². The van der Waals surface area contributed by atoms with E-state index >= 15 is 0 Å². The van der Waals surface area contributed by atoms with Crippen LogP contribution in [0.2, 0.25) is 0 Å². The Labute approximate surface area is 151 Å². The monoisotopic (exact) mass is 349 g/mol. The largest absolute Gasteiger partial charge is 0.454 e. The lowest BCUT2D eigenvalue weighted by Gasteiger charge is -2.08. The van der Waals surface area contributed by atoms with Crippen LogP contribution >= 0.6 is 0 Å². The molecule has 0 aliphatic carbocycles. The molecule has 3 aromatic rings. The standard InChI is InChI=1S/C19H19N5O2/c1-12-8-13(2)10-14(9-12)17(25)26-11-16-22-18(20)24-19(23-16)21-15-6-4-3-5-7-15/h3-10H,11H2,1-2H3,(H3,20,21,22,23,24). The lowest BCUT2D eigenvalue weighted by Crippen LogP contribution is -2.11. The molecule has 0 saturated carbocycles. The van der Waals surface area contributed by atoms with Crippen LogP contribution in [0.15, 0.2) is 48.5 Å². The fraction of sp³-hybridized carbons (Fsp3) is 0.158. The first-order valence-corrected chi connectivity index (χ1v) is 8.07. The van der Waals surface area contributed by atoms with E-state index in [1.54, 1.807) is 12.1 Å². The van der Waals surface area contributed by atoms with E-state index in [4.69, 9.17) is 10.5 Å². The number of anilines is 3. The zero-order chi connectivity index (χ0) is 18.5. The van der Waals surface area contributed by atoms with Crippen LogP contribution in [0.3, 0.4) is 0 Å². The summed E-state index contributed by atoms with van der Waals surface area (Å²) in [6, 6.07) is 15.0. The summed E-state index contributed by atoms with van der Waals surface area (Å²) in [4.78, 5) is 24.5. The molecule has 1 aromatic heterocycles. The van der Waals surface area contributed by atoms with Gasteiger partial charge < -0.3 is 15.8 Å². The Hall–Kier alpha value is -3.48. The van der Waals surface area contributed by atoms with Crippen molar-refractivity contribution >= 4 is 23.6 Å². The number of nitrogens with zero attached hydrogens (tertiary/aromatic N) is 3. The minimum atomic E-state index is -0.437. The van der Waals surface area contributed by atoms with E-state index in [1.165, 1.54) is 0 Å². The maximum atomic E-state index is 12.2. The molecule has 7 nitrogen and oxygen atoms in total. The number of ether oxygens (including phenoxy) is 1. The van der Waals surface area contributed by atoms with Crippen molar-refractivity contribution in [3.63, 3.8) is 0 Å². The van der Waals surface area contributed by atoms with E-state index in [1.807, 2.05) is 50.2 Å². The Balaban J connectivity index is 1.70. The van der Waals surface area contributed by atoms with Crippen molar-refractivity contribution in [2.24, 2.45) is 0 Å². The zero-order valence-corrected chi connectivity index (χ0v) is 14.6. The van der Waals surface area contributed by atoms with E-state index in [2.05, 4.69) is 20.3 Å². The number of carbonyl (C=O) groups excluding carboxylic acids is 1. The van der Waals surface area contributed by atoms with E-state index < -0.39 is 5.97 Å². The Bertz CT molecular complexity index is 908. The molecule has 0 radical (unpaired) electrons. The van der Waals surface area contributed by atoms with E-state index in [9.17, 15) is 4.79 Å². The predicted molar refractivity (Wildman–Crippen MR) is 99.0 cm³/mol. The van der Waals surface area contributed by atoms with Gasteiger partial charge in [0, 0.05) is 5.69 Å². The molecule has 0 bridgehead atoms. The third kappa shape index (κ3) is 4.54. The van der Waals surface area contributed by atoms with Gasteiger partial charge in [-0.3, -0.25) is 0 Å². The van der Waals surface area contributed by atoms with Gasteiger partial charge >= 0.3 is 5.97 Å². The minimum absolute atomic E-state index is 0.0517. The number of nitrogen functional groups attached to an aromatic ring is 1. The summed E-state index contributed by atoms with van der Waals surface area (Å²) in [7, 11) is 0. The lowest BCUT2D eigenvalue weighted by atomic mass is 10.1. The normalized spacial score (nSPS) is 10.4. The first-order chi connectivity index (χ1) is 12.5. The van der Waals surface area contributed by atoms with Gasteiger partial charge in [-0.05, 0) is 38.1 Å². The number of benzene rings is 2. The molecule has 3 N–H and O–H groups in total. The molecule has 0 fully saturated rings. The summed E-state index contributed by atoms with van der Waals surface area (Å²) in [5.74, 6) is 0.180. The second-order valence-corrected chi connectivity index (χ2v) is 5.88. The number of hydrogen-bond acceptors (Lipinski definition) is 7. The lowest BCUT2D eigenvalue weighted by molar-refractivity contribution is 0.0462. The van der Waals surface area contributed by atoms with Crippen molar-refractivity contribution in [1.82, 2.24) is 15.0 Å². The highest BCUT2D eigenvalue weighted by molar-refractivity contribution is 5.89. The molecule has 0 saturated heterocycles. The van der Waals surface area contributed by atoms with Crippen LogP contribution in [0.25, 0.3) is 0 Å². The van der Waals surface area contributed by atoms with Crippen molar-refractivity contribution in [3.8, 4) is 0 Å². The summed E-state index contributed by atoms with van der Waals surface area (Å²) in [5, 5.41) is 3.04. The molecule has 0 spiro atoms. The molecule has 7 heteroatoms. The molecular weight excluding hydrogens is 330 g/mol. The van der Waals surface area contributed by atoms with Crippen molar-refractivity contribution in [3.05, 3.63) is 71.0 Å². The maximum absolute atomic E-state index is 12.2. The number of esters is 1. The van der Waals surface area contributed by atoms with Gasteiger partial charge in [-0.15, -0.1) is 0 Å². The van der Waals surface area contributed by atoms with Crippen LogP contribution in [-0.2, 0) is 11.3 Å². The van der Waals surface area contributed by atoms with Crippen LogP contribution in [-0.4, -0.2) is 20.9 Å². The summed E-state index contributed by atoms with van der Waals surface area (Å²) in [6.45, 7) is 3.76. The average Bonchev–Trinajstić information content (AvgIpc) is 2.59. The third-order valence-corrected chi connectivity index (χ3v) is 3.52. The van der Waals surface area contributed by atoms with Crippen molar-refractivity contribution < 1.29 is 9.53 Å². The third-order valence-electron chi connectivity index (χ3n) is 3.52. The van der Waals surface area contributed by atoms with Crippen molar-refractivity contribution in [2.75, 3.05) is 11.1 Å². The number of aryl methyl sites for hydroxylation is 2. The van der Waals surface area contributed by atoms with Gasteiger partial charge in [0.1, 0.15) is 0 Å². The smallest absolute Gasteiger partial charge is 0.338 e. The minimum Gasteiger partial charge on any atom is -0.454 e. The summed E-state index contributed by atoms with van der Waals surface area (Å²) < 4.78 is 5.31. The molecule has 2 aromatic carbocycles. The fourth-order valence-corrected chi connectivity index (χ4v) is 2.51. The number of nitrogens with two attached hydrogens (primary N) is 1. The van der Waals surface area contributed by atoms with Crippen molar-refractivity contribution in [2.45, 2.75) is 20.5 Å². The molecule has 26 heavy (non-hydrogen) atoms. The van der Waals surface area contributed by atoms with Crippen LogP contribution in [0, 0.1) is 13.8 Å². The molecule has 0 atom stereocenters. The van der Waals surface area contributed by atoms with E-state index in [0.29, 0.717) is 11.5 Å². The second-order valence-electron chi connectivity index (χ2n) is 5.88. The Kier molecular flexibility index (Phi) is 5.07. The highest BCUT2D eigenvalue weighted by atomic mass is 16.5. The fourth-order valence-electron chi connectivity index (χ4n) is 2.51. The van der Waals surface area contributed by atoms with Gasteiger partial charge in [0.2, 0.25) is 11.9 Å². The van der Waals surface area contributed by atoms with E-state index in [-0.39, 0.29) is 18.4 Å². The highest BCUT2D eigenvalue weighted by Crippen LogP contribution is 2.14. The SMILES string of the molecule is Cc1cc(C)cc(C(=O)OCc2nc(N)nc(Nc3ccccc3)n2)c1. The molecule has 1 heterocycles. The molecular formula is C19H19N5O2.